The van der Waals surface area contributed by atoms with Crippen LogP contribution in [0.1, 0.15) is 5.56 Å². The summed E-state index contributed by atoms with van der Waals surface area (Å²) in [7, 11) is 1.55. The Balaban J connectivity index is 1.62. The predicted octanol–water partition coefficient (Wildman–Crippen LogP) is 2.12. The highest BCUT2D eigenvalue weighted by Gasteiger charge is 2.09. The molecule has 2 aromatic rings. The van der Waals surface area contributed by atoms with Crippen LogP contribution in [0.2, 0.25) is 0 Å². The van der Waals surface area contributed by atoms with E-state index in [9.17, 15) is 14.0 Å². The summed E-state index contributed by atoms with van der Waals surface area (Å²) in [5.41, 5.74) is 0.512. The zero-order valence-electron chi connectivity index (χ0n) is 14.4. The van der Waals surface area contributed by atoms with Crippen molar-refractivity contribution >= 4 is 11.9 Å². The molecule has 0 bridgehead atoms. The van der Waals surface area contributed by atoms with Gasteiger partial charge in [0.05, 0.1) is 7.11 Å². The van der Waals surface area contributed by atoms with E-state index < -0.39 is 18.5 Å². The monoisotopic (exact) mass is 361 g/mol. The first-order valence-electron chi connectivity index (χ1n) is 8.01. The fourth-order valence-corrected chi connectivity index (χ4v) is 2.09. The maximum absolute atomic E-state index is 13.4. The van der Waals surface area contributed by atoms with Crippen LogP contribution in [-0.4, -0.2) is 38.7 Å². The summed E-state index contributed by atoms with van der Waals surface area (Å²) in [4.78, 5) is 23.2. The van der Waals surface area contributed by atoms with Gasteiger partial charge in [0, 0.05) is 6.54 Å². The number of esters is 1. The maximum atomic E-state index is 13.4. The lowest BCUT2D eigenvalue weighted by molar-refractivity contribution is -0.150. The summed E-state index contributed by atoms with van der Waals surface area (Å²) in [5.74, 6) is -0.280. The van der Waals surface area contributed by atoms with E-state index in [1.54, 1.807) is 49.6 Å². The molecule has 0 heterocycles. The SMILES string of the molecule is COc1ccc(OCC(=O)OCC(=O)NCCc2ccccc2F)cc1. The van der Waals surface area contributed by atoms with E-state index >= 15 is 0 Å². The molecule has 0 radical (unpaired) electrons. The van der Waals surface area contributed by atoms with Crippen molar-refractivity contribution in [2.24, 2.45) is 0 Å². The van der Waals surface area contributed by atoms with Gasteiger partial charge in [-0.05, 0) is 42.3 Å². The van der Waals surface area contributed by atoms with E-state index in [4.69, 9.17) is 14.2 Å². The van der Waals surface area contributed by atoms with Crippen LogP contribution in [0.3, 0.4) is 0 Å². The molecule has 7 heteroatoms. The average Bonchev–Trinajstić information content (AvgIpc) is 2.66. The molecule has 0 aromatic heterocycles. The normalized spacial score (nSPS) is 10.1. The Bertz CT molecular complexity index is 733. The molecule has 0 aliphatic rings. The van der Waals surface area contributed by atoms with Gasteiger partial charge in [-0.2, -0.15) is 0 Å². The van der Waals surface area contributed by atoms with Gasteiger partial charge in [0.2, 0.25) is 0 Å². The quantitative estimate of drug-likeness (QED) is 0.693. The standard InChI is InChI=1S/C19H20FNO5/c1-24-15-6-8-16(9-7-15)25-13-19(23)26-12-18(22)21-11-10-14-4-2-3-5-17(14)20/h2-9H,10-13H2,1H3,(H,21,22). The lowest BCUT2D eigenvalue weighted by Gasteiger charge is -2.08. The lowest BCUT2D eigenvalue weighted by Crippen LogP contribution is -2.31. The third-order valence-corrected chi connectivity index (χ3v) is 3.45. The Labute approximate surface area is 150 Å². The van der Waals surface area contributed by atoms with Crippen molar-refractivity contribution in [3.8, 4) is 11.5 Å². The van der Waals surface area contributed by atoms with E-state index in [0.717, 1.165) is 0 Å². The summed E-state index contributed by atoms with van der Waals surface area (Å²) < 4.78 is 28.5. The Morgan fingerprint density at radius 3 is 2.38 bits per heavy atom. The number of hydrogen-bond acceptors (Lipinski definition) is 5. The molecule has 1 N–H and O–H groups in total. The highest BCUT2D eigenvalue weighted by atomic mass is 19.1. The smallest absolute Gasteiger partial charge is 0.344 e. The van der Waals surface area contributed by atoms with Crippen LogP contribution >= 0.6 is 0 Å². The number of rotatable bonds is 9. The minimum Gasteiger partial charge on any atom is -0.497 e. The van der Waals surface area contributed by atoms with Gasteiger partial charge in [-0.25, -0.2) is 9.18 Å². The van der Waals surface area contributed by atoms with Crippen molar-refractivity contribution in [3.63, 3.8) is 0 Å². The number of ether oxygens (including phenoxy) is 3. The highest BCUT2D eigenvalue weighted by molar-refractivity contribution is 5.80. The second-order valence-electron chi connectivity index (χ2n) is 5.32. The van der Waals surface area contributed by atoms with Crippen molar-refractivity contribution in [2.45, 2.75) is 6.42 Å². The molecule has 2 rings (SSSR count). The zero-order chi connectivity index (χ0) is 18.8. The fourth-order valence-electron chi connectivity index (χ4n) is 2.09. The maximum Gasteiger partial charge on any atom is 0.344 e. The summed E-state index contributed by atoms with van der Waals surface area (Å²) in [5, 5.41) is 2.56. The summed E-state index contributed by atoms with van der Waals surface area (Å²) >= 11 is 0. The van der Waals surface area contributed by atoms with Gasteiger partial charge in [-0.3, -0.25) is 4.79 Å². The molecule has 0 saturated heterocycles. The van der Waals surface area contributed by atoms with Gasteiger partial charge < -0.3 is 19.5 Å². The van der Waals surface area contributed by atoms with E-state index in [1.807, 2.05) is 0 Å². The minimum atomic E-state index is -0.662. The topological polar surface area (TPSA) is 73.9 Å². The van der Waals surface area contributed by atoms with Gasteiger partial charge in [0.1, 0.15) is 17.3 Å². The molecule has 2 aromatic carbocycles. The lowest BCUT2D eigenvalue weighted by atomic mass is 10.1. The average molecular weight is 361 g/mol. The molecule has 0 aliphatic heterocycles. The van der Waals surface area contributed by atoms with Crippen molar-refractivity contribution in [2.75, 3.05) is 26.9 Å². The van der Waals surface area contributed by atoms with E-state index in [-0.39, 0.29) is 19.0 Å². The second-order valence-corrected chi connectivity index (χ2v) is 5.32. The molecule has 0 aliphatic carbocycles. The fraction of sp³-hybridized carbons (Fsp3) is 0.263. The Kier molecular flexibility index (Phi) is 7.42. The van der Waals surface area contributed by atoms with Crippen LogP contribution in [0, 0.1) is 5.82 Å². The third kappa shape index (κ3) is 6.43. The Morgan fingerprint density at radius 2 is 1.69 bits per heavy atom. The number of carbonyl (C=O) groups excluding carboxylic acids is 2. The number of nitrogens with one attached hydrogen (secondary N) is 1. The molecular formula is C19H20FNO5. The molecule has 0 fully saturated rings. The van der Waals surface area contributed by atoms with Crippen LogP contribution in [0.15, 0.2) is 48.5 Å². The Morgan fingerprint density at radius 1 is 1.00 bits per heavy atom. The molecule has 26 heavy (non-hydrogen) atoms. The van der Waals surface area contributed by atoms with E-state index in [0.29, 0.717) is 23.5 Å². The van der Waals surface area contributed by atoms with Gasteiger partial charge in [0.15, 0.2) is 13.2 Å². The van der Waals surface area contributed by atoms with Crippen molar-refractivity contribution in [3.05, 3.63) is 59.9 Å². The van der Waals surface area contributed by atoms with Crippen molar-refractivity contribution < 1.29 is 28.2 Å². The number of carbonyl (C=O) groups is 2. The molecule has 6 nitrogen and oxygen atoms in total. The first kappa shape index (κ1) is 19.2. The molecule has 0 saturated carbocycles. The van der Waals surface area contributed by atoms with Crippen LogP contribution in [0.4, 0.5) is 4.39 Å². The summed E-state index contributed by atoms with van der Waals surface area (Å²) in [6, 6.07) is 13.0. The van der Waals surface area contributed by atoms with E-state index in [1.165, 1.54) is 6.07 Å². The van der Waals surface area contributed by atoms with Crippen LogP contribution < -0.4 is 14.8 Å². The predicted molar refractivity (Wildman–Crippen MR) is 92.6 cm³/mol. The van der Waals surface area contributed by atoms with Crippen molar-refractivity contribution in [1.29, 1.82) is 0 Å². The van der Waals surface area contributed by atoms with Crippen LogP contribution in [-0.2, 0) is 20.7 Å². The van der Waals surface area contributed by atoms with E-state index in [2.05, 4.69) is 5.32 Å². The summed E-state index contributed by atoms with van der Waals surface area (Å²) in [6.07, 6.45) is 0.354. The number of benzene rings is 2. The van der Waals surface area contributed by atoms with Crippen LogP contribution in [0.25, 0.3) is 0 Å². The van der Waals surface area contributed by atoms with Gasteiger partial charge in [-0.15, -0.1) is 0 Å². The minimum absolute atomic E-state index is 0.250. The number of halogens is 1. The second kappa shape index (κ2) is 10.0. The first-order chi connectivity index (χ1) is 12.6. The highest BCUT2D eigenvalue weighted by Crippen LogP contribution is 2.16. The Hall–Kier alpha value is -3.09. The molecule has 0 atom stereocenters. The van der Waals surface area contributed by atoms with Crippen molar-refractivity contribution in [1.82, 2.24) is 5.32 Å². The third-order valence-electron chi connectivity index (χ3n) is 3.45. The molecule has 1 amide bonds. The summed E-state index contributed by atoms with van der Waals surface area (Å²) in [6.45, 7) is -0.476. The zero-order valence-corrected chi connectivity index (χ0v) is 14.4. The van der Waals surface area contributed by atoms with Gasteiger partial charge in [0.25, 0.3) is 5.91 Å². The molecule has 138 valence electrons. The largest absolute Gasteiger partial charge is 0.497 e. The number of amides is 1. The molecular weight excluding hydrogens is 341 g/mol. The molecule has 0 unspecified atom stereocenters. The van der Waals surface area contributed by atoms with Gasteiger partial charge in [-0.1, -0.05) is 18.2 Å². The van der Waals surface area contributed by atoms with Crippen LogP contribution in [0.5, 0.6) is 11.5 Å². The number of hydrogen-bond donors (Lipinski definition) is 1. The first-order valence-corrected chi connectivity index (χ1v) is 8.01. The number of methoxy groups -OCH3 is 1. The van der Waals surface area contributed by atoms with Gasteiger partial charge >= 0.3 is 5.97 Å². The molecule has 0 spiro atoms.